The highest BCUT2D eigenvalue weighted by molar-refractivity contribution is 7.80. The minimum Gasteiger partial charge on any atom is -0.375 e. The van der Waals surface area contributed by atoms with E-state index in [1.807, 2.05) is 37.3 Å². The largest absolute Gasteiger partial charge is 0.375 e. The van der Waals surface area contributed by atoms with Crippen LogP contribution in [0.2, 0.25) is 0 Å². The molecule has 0 fully saturated rings. The van der Waals surface area contributed by atoms with Gasteiger partial charge < -0.3 is 5.73 Å². The summed E-state index contributed by atoms with van der Waals surface area (Å²) in [6, 6.07) is 9.59. The number of carbonyl (C=O) groups is 1. The van der Waals surface area contributed by atoms with Crippen LogP contribution < -0.4 is 16.6 Å². The van der Waals surface area contributed by atoms with Crippen LogP contribution in [0.4, 0.5) is 0 Å². The molecule has 0 saturated carbocycles. The molecule has 4 nitrogen and oxygen atoms in total. The van der Waals surface area contributed by atoms with E-state index in [-0.39, 0.29) is 16.9 Å². The van der Waals surface area contributed by atoms with Crippen LogP contribution in [0.3, 0.4) is 0 Å². The Kier molecular flexibility index (Phi) is 4.72. The molecule has 0 spiro atoms. The van der Waals surface area contributed by atoms with Gasteiger partial charge in [-0.1, -0.05) is 37.3 Å². The number of nitrogens with one attached hydrogen (secondary N) is 2. The smallest absolute Gasteiger partial charge is 0.245 e. The van der Waals surface area contributed by atoms with Crippen LogP contribution in [-0.4, -0.2) is 11.0 Å². The number of hydrazine groups is 1. The predicted molar refractivity (Wildman–Crippen MR) is 67.5 cm³/mol. The summed E-state index contributed by atoms with van der Waals surface area (Å²) >= 11 is 4.61. The van der Waals surface area contributed by atoms with Crippen LogP contribution in [0.5, 0.6) is 0 Å². The Morgan fingerprint density at radius 1 is 1.38 bits per heavy atom. The highest BCUT2D eigenvalue weighted by Gasteiger charge is 2.17. The Morgan fingerprint density at radius 2 is 2.00 bits per heavy atom. The number of hydrogen-bond acceptors (Lipinski definition) is 2. The molecule has 1 aromatic carbocycles. The molecule has 1 rings (SSSR count). The van der Waals surface area contributed by atoms with Gasteiger partial charge in [-0.3, -0.25) is 15.6 Å². The lowest BCUT2D eigenvalue weighted by Gasteiger charge is -2.15. The zero-order valence-corrected chi connectivity index (χ0v) is 9.88. The molecule has 1 atom stereocenters. The zero-order chi connectivity index (χ0) is 12.0. The van der Waals surface area contributed by atoms with Crippen LogP contribution >= 0.6 is 12.2 Å². The van der Waals surface area contributed by atoms with Gasteiger partial charge in [-0.2, -0.15) is 0 Å². The van der Waals surface area contributed by atoms with E-state index in [4.69, 9.17) is 5.73 Å². The molecular formula is C11H15N3OS. The number of hydrogen-bond donors (Lipinski definition) is 3. The van der Waals surface area contributed by atoms with Crippen molar-refractivity contribution >= 4 is 23.2 Å². The molecule has 0 bridgehead atoms. The first-order chi connectivity index (χ1) is 7.65. The van der Waals surface area contributed by atoms with Crippen molar-refractivity contribution in [3.05, 3.63) is 35.9 Å². The molecule has 1 amide bonds. The average molecular weight is 237 g/mol. The zero-order valence-electron chi connectivity index (χ0n) is 9.07. The number of thiocarbonyl (C=S) groups is 1. The Bertz CT molecular complexity index is 367. The second kappa shape index (κ2) is 6.07. The summed E-state index contributed by atoms with van der Waals surface area (Å²) < 4.78 is 0. The van der Waals surface area contributed by atoms with E-state index in [0.29, 0.717) is 0 Å². The number of benzene rings is 1. The fourth-order valence-electron chi connectivity index (χ4n) is 1.47. The lowest BCUT2D eigenvalue weighted by atomic mass is 9.96. The van der Waals surface area contributed by atoms with Crippen LogP contribution in [0.1, 0.15) is 24.8 Å². The fraction of sp³-hybridized carbons (Fsp3) is 0.273. The second-order valence-corrected chi connectivity index (χ2v) is 3.79. The Balaban J connectivity index is 2.68. The lowest BCUT2D eigenvalue weighted by molar-refractivity contribution is -0.123. The monoisotopic (exact) mass is 237 g/mol. The first-order valence-electron chi connectivity index (χ1n) is 5.05. The van der Waals surface area contributed by atoms with Crippen LogP contribution in [0, 0.1) is 0 Å². The summed E-state index contributed by atoms with van der Waals surface area (Å²) in [6.45, 7) is 1.96. The standard InChI is InChI=1S/C11H15N3OS/c1-2-9(8-6-4-3-5-7-8)10(15)13-14-11(12)16/h3-7,9H,2H2,1H3,(H,13,15)(H3,12,14,16). The summed E-state index contributed by atoms with van der Waals surface area (Å²) in [5.74, 6) is -0.329. The molecule has 0 saturated heterocycles. The molecule has 0 aliphatic heterocycles. The quantitative estimate of drug-likeness (QED) is 0.543. The number of rotatable bonds is 3. The van der Waals surface area contributed by atoms with Gasteiger partial charge in [0.1, 0.15) is 0 Å². The van der Waals surface area contributed by atoms with E-state index in [9.17, 15) is 4.79 Å². The van der Waals surface area contributed by atoms with Crippen LogP contribution in [0.25, 0.3) is 0 Å². The van der Waals surface area contributed by atoms with Crippen molar-refractivity contribution in [3.63, 3.8) is 0 Å². The Hall–Kier alpha value is -1.62. The van der Waals surface area contributed by atoms with Crippen molar-refractivity contribution in [2.45, 2.75) is 19.3 Å². The molecule has 1 unspecified atom stereocenters. The summed E-state index contributed by atoms with van der Waals surface area (Å²) in [5, 5.41) is 0.0521. The van der Waals surface area contributed by atoms with Gasteiger partial charge in [0.05, 0.1) is 5.92 Å². The van der Waals surface area contributed by atoms with E-state index in [1.54, 1.807) is 0 Å². The fourth-order valence-corrected chi connectivity index (χ4v) is 1.52. The van der Waals surface area contributed by atoms with E-state index in [0.717, 1.165) is 12.0 Å². The lowest BCUT2D eigenvalue weighted by Crippen LogP contribution is -2.46. The molecule has 5 heteroatoms. The van der Waals surface area contributed by atoms with Crippen molar-refractivity contribution < 1.29 is 4.79 Å². The molecule has 16 heavy (non-hydrogen) atoms. The third-order valence-corrected chi connectivity index (χ3v) is 2.34. The maximum Gasteiger partial charge on any atom is 0.245 e. The maximum atomic E-state index is 11.8. The molecule has 0 aromatic heterocycles. The van der Waals surface area contributed by atoms with Gasteiger partial charge in [0.15, 0.2) is 5.11 Å². The first-order valence-corrected chi connectivity index (χ1v) is 5.46. The van der Waals surface area contributed by atoms with Gasteiger partial charge in [-0.15, -0.1) is 0 Å². The predicted octanol–water partition coefficient (Wildman–Crippen LogP) is 1.04. The minimum atomic E-state index is -0.192. The van der Waals surface area contributed by atoms with Gasteiger partial charge in [-0.25, -0.2) is 0 Å². The van der Waals surface area contributed by atoms with E-state index < -0.39 is 0 Å². The highest BCUT2D eigenvalue weighted by atomic mass is 32.1. The summed E-state index contributed by atoms with van der Waals surface area (Å²) in [6.07, 6.45) is 0.717. The normalized spacial score (nSPS) is 11.6. The van der Waals surface area contributed by atoms with Crippen molar-refractivity contribution in [3.8, 4) is 0 Å². The SMILES string of the molecule is CCC(C(=O)NNC(N)=S)c1ccccc1. The maximum absolute atomic E-state index is 11.8. The van der Waals surface area contributed by atoms with Gasteiger partial charge in [0, 0.05) is 0 Å². The first kappa shape index (κ1) is 12.4. The third-order valence-electron chi connectivity index (χ3n) is 2.24. The summed E-state index contributed by atoms with van der Waals surface area (Å²) in [4.78, 5) is 11.8. The van der Waals surface area contributed by atoms with Gasteiger partial charge in [-0.05, 0) is 24.2 Å². The molecule has 0 radical (unpaired) electrons. The molecule has 4 N–H and O–H groups in total. The molecule has 86 valence electrons. The van der Waals surface area contributed by atoms with Crippen molar-refractivity contribution in [2.24, 2.45) is 5.73 Å². The van der Waals surface area contributed by atoms with Crippen molar-refractivity contribution in [2.75, 3.05) is 0 Å². The second-order valence-electron chi connectivity index (χ2n) is 3.35. The van der Waals surface area contributed by atoms with Gasteiger partial charge in [0.25, 0.3) is 0 Å². The molecular weight excluding hydrogens is 222 g/mol. The number of carbonyl (C=O) groups excluding carboxylic acids is 1. The van der Waals surface area contributed by atoms with E-state index >= 15 is 0 Å². The van der Waals surface area contributed by atoms with Crippen molar-refractivity contribution in [1.29, 1.82) is 0 Å². The molecule has 0 heterocycles. The molecule has 0 aliphatic rings. The van der Waals surface area contributed by atoms with Gasteiger partial charge >= 0.3 is 0 Å². The van der Waals surface area contributed by atoms with E-state index in [2.05, 4.69) is 23.1 Å². The highest BCUT2D eigenvalue weighted by Crippen LogP contribution is 2.18. The van der Waals surface area contributed by atoms with Crippen LogP contribution in [-0.2, 0) is 4.79 Å². The third kappa shape index (κ3) is 3.51. The van der Waals surface area contributed by atoms with E-state index in [1.165, 1.54) is 0 Å². The Morgan fingerprint density at radius 3 is 2.50 bits per heavy atom. The van der Waals surface area contributed by atoms with Crippen LogP contribution in [0.15, 0.2) is 30.3 Å². The van der Waals surface area contributed by atoms with Gasteiger partial charge in [0.2, 0.25) is 5.91 Å². The molecule has 0 aliphatic carbocycles. The summed E-state index contributed by atoms with van der Waals surface area (Å²) in [5.41, 5.74) is 11.1. The topological polar surface area (TPSA) is 67.2 Å². The van der Waals surface area contributed by atoms with Crippen molar-refractivity contribution in [1.82, 2.24) is 10.9 Å². The molecule has 1 aromatic rings. The number of nitrogens with two attached hydrogens (primary N) is 1. The summed E-state index contributed by atoms with van der Waals surface area (Å²) in [7, 11) is 0. The Labute approximate surface area is 100 Å². The average Bonchev–Trinajstić information content (AvgIpc) is 2.29. The minimum absolute atomic E-state index is 0.0521. The number of amides is 1.